The van der Waals surface area contributed by atoms with Crippen LogP contribution >= 0.6 is 0 Å². The molecule has 114 valence electrons. The fourth-order valence-electron chi connectivity index (χ4n) is 2.20. The largest absolute Gasteiger partial charge is 0.494 e. The van der Waals surface area contributed by atoms with E-state index >= 15 is 0 Å². The van der Waals surface area contributed by atoms with E-state index in [1.807, 2.05) is 30.3 Å². The molecule has 0 spiro atoms. The number of carbonyl (C=O) groups is 2. The van der Waals surface area contributed by atoms with E-state index in [0.29, 0.717) is 13.0 Å². The summed E-state index contributed by atoms with van der Waals surface area (Å²) in [6.07, 6.45) is 2.92. The van der Waals surface area contributed by atoms with Crippen molar-refractivity contribution in [1.29, 1.82) is 0 Å². The summed E-state index contributed by atoms with van der Waals surface area (Å²) < 4.78 is 10.5. The second-order valence-electron chi connectivity index (χ2n) is 5.01. The number of carbonyl (C=O) groups excluding carboxylic acids is 2. The molecule has 1 aliphatic heterocycles. The molecule has 0 aromatic heterocycles. The van der Waals surface area contributed by atoms with Crippen molar-refractivity contribution >= 4 is 11.9 Å². The summed E-state index contributed by atoms with van der Waals surface area (Å²) in [4.78, 5) is 25.0. The fraction of sp³-hybridized carbons (Fsp3) is 0.500. The third-order valence-corrected chi connectivity index (χ3v) is 3.35. The van der Waals surface area contributed by atoms with Crippen LogP contribution in [0.1, 0.15) is 25.7 Å². The molecule has 0 atom stereocenters. The SMILES string of the molecule is O=C(CCCOc1ccccc1)OCC(=O)N1CCCC1. The topological polar surface area (TPSA) is 55.8 Å². The van der Waals surface area contributed by atoms with Gasteiger partial charge in [-0.15, -0.1) is 0 Å². The number of hydrogen-bond acceptors (Lipinski definition) is 4. The van der Waals surface area contributed by atoms with Crippen LogP contribution in [0.15, 0.2) is 30.3 Å². The van der Waals surface area contributed by atoms with Crippen LogP contribution in [-0.2, 0) is 14.3 Å². The number of esters is 1. The van der Waals surface area contributed by atoms with Crippen LogP contribution in [0.5, 0.6) is 5.75 Å². The minimum absolute atomic E-state index is 0.0959. The van der Waals surface area contributed by atoms with Gasteiger partial charge < -0.3 is 14.4 Å². The third-order valence-electron chi connectivity index (χ3n) is 3.35. The Morgan fingerprint density at radius 3 is 2.52 bits per heavy atom. The van der Waals surface area contributed by atoms with Crippen molar-refractivity contribution in [2.75, 3.05) is 26.3 Å². The van der Waals surface area contributed by atoms with E-state index < -0.39 is 0 Å². The number of para-hydroxylation sites is 1. The maximum Gasteiger partial charge on any atom is 0.306 e. The highest BCUT2D eigenvalue weighted by atomic mass is 16.5. The summed E-state index contributed by atoms with van der Waals surface area (Å²) in [5.74, 6) is 0.343. The smallest absolute Gasteiger partial charge is 0.306 e. The van der Waals surface area contributed by atoms with Gasteiger partial charge in [0.1, 0.15) is 5.75 Å². The van der Waals surface area contributed by atoms with Crippen molar-refractivity contribution in [3.63, 3.8) is 0 Å². The van der Waals surface area contributed by atoms with Crippen molar-refractivity contribution in [1.82, 2.24) is 4.90 Å². The molecule has 1 aliphatic rings. The van der Waals surface area contributed by atoms with Crippen molar-refractivity contribution in [3.05, 3.63) is 30.3 Å². The number of hydrogen-bond donors (Lipinski definition) is 0. The zero-order valence-electron chi connectivity index (χ0n) is 12.1. The summed E-state index contributed by atoms with van der Waals surface area (Å²) in [7, 11) is 0. The minimum atomic E-state index is -0.348. The summed E-state index contributed by atoms with van der Waals surface area (Å²) in [6, 6.07) is 9.45. The molecule has 1 amide bonds. The van der Waals surface area contributed by atoms with Gasteiger partial charge in [0.25, 0.3) is 5.91 Å². The van der Waals surface area contributed by atoms with E-state index in [1.165, 1.54) is 0 Å². The first-order valence-corrected chi connectivity index (χ1v) is 7.37. The molecule has 21 heavy (non-hydrogen) atoms. The molecular weight excluding hydrogens is 270 g/mol. The average Bonchev–Trinajstić information content (AvgIpc) is 3.05. The first-order chi connectivity index (χ1) is 10.3. The molecule has 1 aromatic rings. The molecule has 0 saturated carbocycles. The average molecular weight is 291 g/mol. The first kappa shape index (κ1) is 15.4. The molecule has 0 bridgehead atoms. The highest BCUT2D eigenvalue weighted by Gasteiger charge is 2.18. The van der Waals surface area contributed by atoms with Crippen LogP contribution in [-0.4, -0.2) is 43.1 Å². The predicted molar refractivity (Wildman–Crippen MR) is 77.9 cm³/mol. The van der Waals surface area contributed by atoms with Gasteiger partial charge >= 0.3 is 5.97 Å². The molecule has 1 aromatic carbocycles. The predicted octanol–water partition coefficient (Wildman–Crippen LogP) is 2.01. The van der Waals surface area contributed by atoms with Crippen LogP contribution in [0.25, 0.3) is 0 Å². The van der Waals surface area contributed by atoms with E-state index in [9.17, 15) is 9.59 Å². The number of nitrogens with zero attached hydrogens (tertiary/aromatic N) is 1. The quantitative estimate of drug-likeness (QED) is 0.569. The van der Waals surface area contributed by atoms with E-state index in [-0.39, 0.29) is 24.9 Å². The maximum atomic E-state index is 11.7. The molecule has 2 rings (SSSR count). The third kappa shape index (κ3) is 5.45. The summed E-state index contributed by atoms with van der Waals surface area (Å²) in [5, 5.41) is 0. The Morgan fingerprint density at radius 1 is 1.10 bits per heavy atom. The van der Waals surface area contributed by atoms with Gasteiger partial charge in [-0.25, -0.2) is 0 Å². The summed E-state index contributed by atoms with van der Waals surface area (Å²) >= 11 is 0. The van der Waals surface area contributed by atoms with E-state index in [2.05, 4.69) is 0 Å². The van der Waals surface area contributed by atoms with Crippen LogP contribution in [0.2, 0.25) is 0 Å². The second-order valence-corrected chi connectivity index (χ2v) is 5.01. The Bertz CT molecular complexity index is 455. The van der Waals surface area contributed by atoms with Crippen LogP contribution in [0.4, 0.5) is 0 Å². The molecule has 1 fully saturated rings. The van der Waals surface area contributed by atoms with Gasteiger partial charge in [0, 0.05) is 19.5 Å². The normalized spacial score (nSPS) is 14.0. The van der Waals surface area contributed by atoms with Crippen LogP contribution < -0.4 is 4.74 Å². The number of ether oxygens (including phenoxy) is 2. The Labute approximate surface area is 124 Å². The Kier molecular flexibility index (Phi) is 6.06. The van der Waals surface area contributed by atoms with Gasteiger partial charge in [0.15, 0.2) is 6.61 Å². The van der Waals surface area contributed by atoms with Gasteiger partial charge in [-0.2, -0.15) is 0 Å². The lowest BCUT2D eigenvalue weighted by Crippen LogP contribution is -2.32. The number of likely N-dealkylation sites (tertiary alicyclic amines) is 1. The van der Waals surface area contributed by atoms with E-state index in [1.54, 1.807) is 4.90 Å². The number of benzene rings is 1. The Balaban J connectivity index is 1.54. The minimum Gasteiger partial charge on any atom is -0.494 e. The fourth-order valence-corrected chi connectivity index (χ4v) is 2.20. The monoisotopic (exact) mass is 291 g/mol. The van der Waals surface area contributed by atoms with Gasteiger partial charge in [-0.1, -0.05) is 18.2 Å². The van der Waals surface area contributed by atoms with Crippen LogP contribution in [0, 0.1) is 0 Å². The standard InChI is InChI=1S/C16H21NO4/c18-15(17-10-4-5-11-17)13-21-16(19)9-6-12-20-14-7-2-1-3-8-14/h1-3,7-8H,4-6,9-13H2. The number of rotatable bonds is 7. The lowest BCUT2D eigenvalue weighted by atomic mass is 10.3. The molecule has 0 unspecified atom stereocenters. The molecule has 0 radical (unpaired) electrons. The van der Waals surface area contributed by atoms with Crippen molar-refractivity contribution in [3.8, 4) is 5.75 Å². The highest BCUT2D eigenvalue weighted by Crippen LogP contribution is 2.09. The van der Waals surface area contributed by atoms with E-state index in [4.69, 9.17) is 9.47 Å². The molecule has 0 N–H and O–H groups in total. The molecule has 5 heteroatoms. The van der Waals surface area contributed by atoms with Crippen molar-refractivity contribution in [2.24, 2.45) is 0 Å². The first-order valence-electron chi connectivity index (χ1n) is 7.37. The molecular formula is C16H21NO4. The lowest BCUT2D eigenvalue weighted by molar-refractivity contribution is -0.151. The molecule has 0 aliphatic carbocycles. The zero-order chi connectivity index (χ0) is 14.9. The zero-order valence-corrected chi connectivity index (χ0v) is 12.1. The molecule has 1 heterocycles. The Morgan fingerprint density at radius 2 is 1.81 bits per heavy atom. The van der Waals surface area contributed by atoms with Crippen molar-refractivity contribution < 1.29 is 19.1 Å². The molecule has 1 saturated heterocycles. The summed E-state index contributed by atoms with van der Waals surface area (Å²) in [6.45, 7) is 1.88. The van der Waals surface area contributed by atoms with Gasteiger partial charge in [0.05, 0.1) is 6.61 Å². The van der Waals surface area contributed by atoms with Gasteiger partial charge in [-0.05, 0) is 31.4 Å². The van der Waals surface area contributed by atoms with Crippen molar-refractivity contribution in [2.45, 2.75) is 25.7 Å². The highest BCUT2D eigenvalue weighted by molar-refractivity contribution is 5.80. The van der Waals surface area contributed by atoms with Gasteiger partial charge in [0.2, 0.25) is 0 Å². The van der Waals surface area contributed by atoms with Gasteiger partial charge in [-0.3, -0.25) is 9.59 Å². The Hall–Kier alpha value is -2.04. The molecule has 5 nitrogen and oxygen atoms in total. The maximum absolute atomic E-state index is 11.7. The van der Waals surface area contributed by atoms with E-state index in [0.717, 1.165) is 31.7 Å². The summed E-state index contributed by atoms with van der Waals surface area (Å²) in [5.41, 5.74) is 0. The second kappa shape index (κ2) is 8.29. The lowest BCUT2D eigenvalue weighted by Gasteiger charge is -2.14. The van der Waals surface area contributed by atoms with Crippen LogP contribution in [0.3, 0.4) is 0 Å². The number of amides is 1.